The zero-order valence-corrected chi connectivity index (χ0v) is 18.9. The number of aromatic nitrogens is 2. The molecular weight excluding hydrogens is 430 g/mol. The molecule has 0 bridgehead atoms. The third kappa shape index (κ3) is 2.24. The van der Waals surface area contributed by atoms with E-state index in [1.165, 1.54) is 56.8 Å². The minimum Gasteiger partial charge on any atom is -0.299 e. The van der Waals surface area contributed by atoms with E-state index in [0.29, 0.717) is 0 Å². The molecule has 7 aromatic rings. The van der Waals surface area contributed by atoms with Gasteiger partial charge in [0.1, 0.15) is 5.65 Å². The zero-order valence-electron chi connectivity index (χ0n) is 17.3. The largest absolute Gasteiger partial charge is 0.299 e. The third-order valence-electron chi connectivity index (χ3n) is 6.39. The first-order valence-electron chi connectivity index (χ1n) is 10.4. The Hall–Kier alpha value is -3.54. The van der Waals surface area contributed by atoms with Gasteiger partial charge in [0.2, 0.25) is 0 Å². The quantitative estimate of drug-likeness (QED) is 0.246. The average Bonchev–Trinajstić information content (AvgIpc) is 3.52. The smallest absolute Gasteiger partial charge is 0.144 e. The highest BCUT2D eigenvalue weighted by atomic mass is 32.1. The lowest BCUT2D eigenvalue weighted by molar-refractivity contribution is 1.24. The van der Waals surface area contributed by atoms with Gasteiger partial charge in [-0.15, -0.1) is 22.7 Å². The van der Waals surface area contributed by atoms with E-state index < -0.39 is 0 Å². The molecule has 0 N–H and O–H groups in total. The number of aryl methyl sites for hydroxylation is 1. The number of hydrogen-bond acceptors (Lipinski definition) is 4. The van der Waals surface area contributed by atoms with Crippen LogP contribution in [0.5, 0.6) is 0 Å². The summed E-state index contributed by atoms with van der Waals surface area (Å²) in [6.07, 6.45) is 7.67. The zero-order chi connectivity index (χ0) is 21.4. The molecular formula is C27H17N3S2. The van der Waals surface area contributed by atoms with Crippen LogP contribution in [-0.4, -0.2) is 16.1 Å². The first-order chi connectivity index (χ1) is 15.8. The summed E-state index contributed by atoms with van der Waals surface area (Å²) in [5, 5.41) is 6.66. The summed E-state index contributed by atoms with van der Waals surface area (Å²) in [7, 11) is 0. The fourth-order valence-corrected chi connectivity index (χ4v) is 7.63. The maximum Gasteiger partial charge on any atom is 0.144 e. The highest BCUT2D eigenvalue weighted by molar-refractivity contribution is 7.30. The maximum absolute atomic E-state index is 4.63. The van der Waals surface area contributed by atoms with Gasteiger partial charge in [0, 0.05) is 69.9 Å². The summed E-state index contributed by atoms with van der Waals surface area (Å²) in [5.41, 5.74) is 4.44. The molecule has 0 saturated heterocycles. The van der Waals surface area contributed by atoms with Crippen LogP contribution in [-0.2, 0) is 0 Å². The first kappa shape index (κ1) is 18.1. The number of aliphatic imine (C=N–C) groups is 1. The summed E-state index contributed by atoms with van der Waals surface area (Å²) in [5.74, 6) is 0. The summed E-state index contributed by atoms with van der Waals surface area (Å²) in [6, 6.07) is 17.8. The van der Waals surface area contributed by atoms with Crippen molar-refractivity contribution in [1.82, 2.24) is 9.38 Å². The van der Waals surface area contributed by atoms with Gasteiger partial charge < -0.3 is 0 Å². The lowest BCUT2D eigenvalue weighted by Gasteiger charge is -2.11. The van der Waals surface area contributed by atoms with E-state index in [4.69, 9.17) is 0 Å². The van der Waals surface area contributed by atoms with Crippen LogP contribution >= 0.6 is 22.7 Å². The fraction of sp³-hybridized carbons (Fsp3) is 0.0370. The first-order valence-corrected chi connectivity index (χ1v) is 12.1. The Kier molecular flexibility index (Phi) is 3.66. The standard InChI is InChI=1S/C27H17N3S2/c1-15-16(11-12-28-2)27-29-13-14-30(27)20-9-7-17-18-8-10-22-24(26(18)32-25(17)23(15)20)19-5-3-4-6-21(19)31-22/h3-14H,2H2,1H3/b12-11-. The van der Waals surface area contributed by atoms with Gasteiger partial charge in [0.25, 0.3) is 0 Å². The number of rotatable bonds is 2. The van der Waals surface area contributed by atoms with E-state index in [2.05, 4.69) is 76.5 Å². The fourth-order valence-electron chi connectivity index (χ4n) is 4.99. The molecule has 4 aromatic heterocycles. The second-order valence-corrected chi connectivity index (χ2v) is 10.1. The maximum atomic E-state index is 4.63. The predicted molar refractivity (Wildman–Crippen MR) is 142 cm³/mol. The summed E-state index contributed by atoms with van der Waals surface area (Å²) in [6.45, 7) is 5.80. The highest BCUT2D eigenvalue weighted by Crippen LogP contribution is 2.46. The minimum absolute atomic E-state index is 0.946. The Morgan fingerprint density at radius 2 is 1.72 bits per heavy atom. The molecule has 0 aliphatic rings. The molecule has 0 radical (unpaired) electrons. The Bertz CT molecular complexity index is 1910. The van der Waals surface area contributed by atoms with Crippen molar-refractivity contribution in [2.45, 2.75) is 6.92 Å². The number of benzene rings is 3. The Balaban J connectivity index is 1.72. The molecule has 7 rings (SSSR count). The van der Waals surface area contributed by atoms with Crippen molar-refractivity contribution in [3.05, 3.63) is 78.3 Å². The summed E-state index contributed by atoms with van der Waals surface area (Å²) < 4.78 is 7.58. The van der Waals surface area contributed by atoms with Gasteiger partial charge in [-0.3, -0.25) is 9.39 Å². The number of nitrogens with zero attached hydrogens (tertiary/aromatic N) is 3. The Morgan fingerprint density at radius 1 is 0.906 bits per heavy atom. The lowest BCUT2D eigenvalue weighted by Crippen LogP contribution is -1.95. The molecule has 0 aliphatic heterocycles. The highest BCUT2D eigenvalue weighted by Gasteiger charge is 2.18. The van der Waals surface area contributed by atoms with E-state index >= 15 is 0 Å². The van der Waals surface area contributed by atoms with Crippen molar-refractivity contribution in [3.8, 4) is 0 Å². The summed E-state index contributed by atoms with van der Waals surface area (Å²) >= 11 is 3.79. The van der Waals surface area contributed by atoms with Crippen LogP contribution in [0.25, 0.3) is 63.0 Å². The van der Waals surface area contributed by atoms with Crippen molar-refractivity contribution in [1.29, 1.82) is 0 Å². The van der Waals surface area contributed by atoms with Crippen LogP contribution in [0.4, 0.5) is 0 Å². The molecule has 0 amide bonds. The van der Waals surface area contributed by atoms with Crippen molar-refractivity contribution in [2.24, 2.45) is 4.99 Å². The van der Waals surface area contributed by atoms with Crippen LogP contribution in [0.15, 0.2) is 72.1 Å². The van der Waals surface area contributed by atoms with Crippen molar-refractivity contribution in [2.75, 3.05) is 0 Å². The second kappa shape index (κ2) is 6.48. The molecule has 3 nitrogen and oxygen atoms in total. The van der Waals surface area contributed by atoms with Crippen molar-refractivity contribution in [3.63, 3.8) is 0 Å². The molecule has 0 aliphatic carbocycles. The van der Waals surface area contributed by atoms with Crippen LogP contribution in [0.2, 0.25) is 0 Å². The van der Waals surface area contributed by atoms with Crippen LogP contribution in [0, 0.1) is 6.92 Å². The van der Waals surface area contributed by atoms with Crippen LogP contribution in [0.3, 0.4) is 0 Å². The molecule has 0 unspecified atom stereocenters. The monoisotopic (exact) mass is 447 g/mol. The van der Waals surface area contributed by atoms with E-state index in [1.54, 1.807) is 6.20 Å². The normalized spacial score (nSPS) is 12.5. The number of hydrogen-bond donors (Lipinski definition) is 0. The average molecular weight is 448 g/mol. The Labute approximate surface area is 191 Å². The van der Waals surface area contributed by atoms with Gasteiger partial charge in [-0.2, -0.15) is 0 Å². The minimum atomic E-state index is 0.946. The van der Waals surface area contributed by atoms with Crippen molar-refractivity contribution < 1.29 is 0 Å². The topological polar surface area (TPSA) is 29.7 Å². The molecule has 0 fully saturated rings. The van der Waals surface area contributed by atoms with Gasteiger partial charge in [-0.05, 0) is 43.5 Å². The molecule has 4 heterocycles. The van der Waals surface area contributed by atoms with E-state index in [9.17, 15) is 0 Å². The van der Waals surface area contributed by atoms with Crippen LogP contribution in [0.1, 0.15) is 11.1 Å². The Morgan fingerprint density at radius 3 is 2.59 bits per heavy atom. The lowest BCUT2D eigenvalue weighted by atomic mass is 10.0. The van der Waals surface area contributed by atoms with Gasteiger partial charge in [0.05, 0.1) is 5.52 Å². The van der Waals surface area contributed by atoms with Gasteiger partial charge in [-0.25, -0.2) is 4.98 Å². The van der Waals surface area contributed by atoms with Gasteiger partial charge >= 0.3 is 0 Å². The number of fused-ring (bicyclic) bond motifs is 11. The SMILES string of the molecule is C=N/C=C\c1c(C)c2c3sc4c(ccc5sc6ccccc6c54)c3ccc2n2ccnc12. The van der Waals surface area contributed by atoms with Gasteiger partial charge in [-0.1, -0.05) is 30.3 Å². The molecule has 5 heteroatoms. The molecule has 152 valence electrons. The molecule has 0 saturated carbocycles. The molecule has 0 spiro atoms. The van der Waals surface area contributed by atoms with Crippen LogP contribution < -0.4 is 0 Å². The molecule has 3 aromatic carbocycles. The second-order valence-electron chi connectivity index (χ2n) is 8.01. The predicted octanol–water partition coefficient (Wildman–Crippen LogP) is 8.20. The van der Waals surface area contributed by atoms with E-state index in [0.717, 1.165) is 11.2 Å². The van der Waals surface area contributed by atoms with E-state index in [1.807, 2.05) is 41.1 Å². The number of pyridine rings is 1. The number of imidazole rings is 1. The van der Waals surface area contributed by atoms with Gasteiger partial charge in [0.15, 0.2) is 0 Å². The summed E-state index contributed by atoms with van der Waals surface area (Å²) in [4.78, 5) is 8.56. The van der Waals surface area contributed by atoms with E-state index in [-0.39, 0.29) is 0 Å². The number of thiophene rings is 2. The van der Waals surface area contributed by atoms with Crippen molar-refractivity contribution >= 4 is 92.4 Å². The molecule has 32 heavy (non-hydrogen) atoms. The third-order valence-corrected chi connectivity index (χ3v) is 8.78. The molecule has 0 atom stereocenters.